The zero-order valence-corrected chi connectivity index (χ0v) is 7.86. The average Bonchev–Trinajstić information content (AvgIpc) is 2.65. The van der Waals surface area contributed by atoms with E-state index in [4.69, 9.17) is 5.11 Å². The number of H-pyrrole nitrogens is 1. The largest absolute Gasteiger partial charge is 0.481 e. The Balaban J connectivity index is 2.49. The summed E-state index contributed by atoms with van der Waals surface area (Å²) in [6.45, 7) is 0.222. The fraction of sp³-hybridized carbons (Fsp3) is 0.333. The van der Waals surface area contributed by atoms with Crippen molar-refractivity contribution in [2.45, 2.75) is 6.42 Å². The van der Waals surface area contributed by atoms with Crippen molar-refractivity contribution < 1.29 is 14.7 Å². The smallest absolute Gasteiger partial charge is 0.305 e. The van der Waals surface area contributed by atoms with Crippen LogP contribution in [0.1, 0.15) is 16.8 Å². The van der Waals surface area contributed by atoms with Gasteiger partial charge in [0.25, 0.3) is 5.91 Å². The van der Waals surface area contributed by atoms with Crippen molar-refractivity contribution in [3.8, 4) is 0 Å². The Morgan fingerprint density at radius 3 is 2.79 bits per heavy atom. The molecule has 0 aromatic carbocycles. The number of aliphatic carboxylic acids is 1. The number of nitrogens with one attached hydrogen (secondary N) is 1. The summed E-state index contributed by atoms with van der Waals surface area (Å²) in [6, 6.07) is 1.65. The van der Waals surface area contributed by atoms with Crippen LogP contribution in [-0.4, -0.2) is 40.5 Å². The summed E-state index contributed by atoms with van der Waals surface area (Å²) in [6.07, 6.45) is 3.20. The quantitative estimate of drug-likeness (QED) is 0.739. The van der Waals surface area contributed by atoms with Gasteiger partial charge in [-0.1, -0.05) is 0 Å². The van der Waals surface area contributed by atoms with Gasteiger partial charge in [0.15, 0.2) is 0 Å². The SMILES string of the molecule is CN(CCC(=O)O)C(=O)c1cc[nH]c1. The first kappa shape index (κ1) is 10.3. The minimum atomic E-state index is -0.904. The van der Waals surface area contributed by atoms with E-state index in [0.29, 0.717) is 5.56 Å². The minimum Gasteiger partial charge on any atom is -0.481 e. The van der Waals surface area contributed by atoms with Crippen molar-refractivity contribution in [2.24, 2.45) is 0 Å². The van der Waals surface area contributed by atoms with E-state index in [2.05, 4.69) is 4.98 Å². The van der Waals surface area contributed by atoms with Crippen LogP contribution in [0.5, 0.6) is 0 Å². The highest BCUT2D eigenvalue weighted by atomic mass is 16.4. The highest BCUT2D eigenvalue weighted by Gasteiger charge is 2.12. The maximum atomic E-state index is 11.5. The number of rotatable bonds is 4. The van der Waals surface area contributed by atoms with Crippen LogP contribution in [0.25, 0.3) is 0 Å². The zero-order valence-electron chi connectivity index (χ0n) is 7.86. The number of hydrogen-bond donors (Lipinski definition) is 2. The molecule has 1 amide bonds. The average molecular weight is 196 g/mol. The van der Waals surface area contributed by atoms with Crippen LogP contribution in [-0.2, 0) is 4.79 Å². The van der Waals surface area contributed by atoms with E-state index >= 15 is 0 Å². The third kappa shape index (κ3) is 2.62. The molecule has 0 bridgehead atoms. The molecular weight excluding hydrogens is 184 g/mol. The summed E-state index contributed by atoms with van der Waals surface area (Å²) in [5.74, 6) is -1.08. The predicted molar refractivity (Wildman–Crippen MR) is 50.0 cm³/mol. The summed E-state index contributed by atoms with van der Waals surface area (Å²) in [5.41, 5.74) is 0.540. The Hall–Kier alpha value is -1.78. The first-order valence-electron chi connectivity index (χ1n) is 4.21. The number of aromatic amines is 1. The number of carbonyl (C=O) groups excluding carboxylic acids is 1. The molecule has 0 atom stereocenters. The zero-order chi connectivity index (χ0) is 10.6. The molecule has 0 spiro atoms. The van der Waals surface area contributed by atoms with Crippen LogP contribution >= 0.6 is 0 Å². The standard InChI is InChI=1S/C9H12N2O3/c1-11(5-3-8(12)13)9(14)7-2-4-10-6-7/h2,4,6,10H,3,5H2,1H3,(H,12,13). The lowest BCUT2D eigenvalue weighted by atomic mass is 10.3. The predicted octanol–water partition coefficient (Wildman–Crippen LogP) is 0.561. The van der Waals surface area contributed by atoms with Gasteiger partial charge in [-0.3, -0.25) is 9.59 Å². The molecule has 1 aromatic rings. The molecule has 0 aliphatic heterocycles. The molecule has 5 nitrogen and oxygen atoms in total. The molecule has 1 aromatic heterocycles. The summed E-state index contributed by atoms with van der Waals surface area (Å²) < 4.78 is 0. The van der Waals surface area contributed by atoms with Crippen molar-refractivity contribution in [2.75, 3.05) is 13.6 Å². The van der Waals surface area contributed by atoms with Crippen molar-refractivity contribution in [3.05, 3.63) is 24.0 Å². The van der Waals surface area contributed by atoms with E-state index in [1.54, 1.807) is 25.5 Å². The normalized spacial score (nSPS) is 9.79. The number of carbonyl (C=O) groups is 2. The van der Waals surface area contributed by atoms with Crippen molar-refractivity contribution in [3.63, 3.8) is 0 Å². The summed E-state index contributed by atoms with van der Waals surface area (Å²) in [5, 5.41) is 8.43. The second-order valence-corrected chi connectivity index (χ2v) is 2.97. The Labute approximate surface area is 81.3 Å². The molecule has 5 heteroatoms. The molecule has 76 valence electrons. The molecular formula is C9H12N2O3. The van der Waals surface area contributed by atoms with E-state index in [-0.39, 0.29) is 18.9 Å². The number of hydrogen-bond acceptors (Lipinski definition) is 2. The molecule has 0 fully saturated rings. The third-order valence-corrected chi connectivity index (χ3v) is 1.85. The third-order valence-electron chi connectivity index (χ3n) is 1.85. The lowest BCUT2D eigenvalue weighted by molar-refractivity contribution is -0.137. The van der Waals surface area contributed by atoms with Crippen LogP contribution in [0.2, 0.25) is 0 Å². The highest BCUT2D eigenvalue weighted by molar-refractivity contribution is 5.93. The molecule has 2 N–H and O–H groups in total. The van der Waals surface area contributed by atoms with Gasteiger partial charge < -0.3 is 15.0 Å². The molecule has 0 aliphatic rings. The molecule has 14 heavy (non-hydrogen) atoms. The molecule has 0 saturated carbocycles. The van der Waals surface area contributed by atoms with E-state index < -0.39 is 5.97 Å². The van der Waals surface area contributed by atoms with E-state index in [0.717, 1.165) is 0 Å². The lowest BCUT2D eigenvalue weighted by Gasteiger charge is -2.14. The van der Waals surface area contributed by atoms with Crippen LogP contribution in [0.3, 0.4) is 0 Å². The van der Waals surface area contributed by atoms with Crippen LogP contribution in [0.4, 0.5) is 0 Å². The Kier molecular flexibility index (Phi) is 3.28. The fourth-order valence-electron chi connectivity index (χ4n) is 1.04. The van der Waals surface area contributed by atoms with Gasteiger partial charge in [0, 0.05) is 26.0 Å². The lowest BCUT2D eigenvalue weighted by Crippen LogP contribution is -2.28. The molecule has 1 rings (SSSR count). The number of amides is 1. The molecule has 1 heterocycles. The van der Waals surface area contributed by atoms with Crippen molar-refractivity contribution in [1.82, 2.24) is 9.88 Å². The van der Waals surface area contributed by atoms with Gasteiger partial charge in [0.2, 0.25) is 0 Å². The molecule has 0 saturated heterocycles. The van der Waals surface area contributed by atoms with Crippen LogP contribution in [0.15, 0.2) is 18.5 Å². The summed E-state index contributed by atoms with van der Waals surface area (Å²) >= 11 is 0. The number of aromatic nitrogens is 1. The number of carboxylic acid groups (broad SMARTS) is 1. The van der Waals surface area contributed by atoms with Gasteiger partial charge in [-0.2, -0.15) is 0 Å². The number of carboxylic acids is 1. The summed E-state index contributed by atoms with van der Waals surface area (Å²) in [4.78, 5) is 26.0. The van der Waals surface area contributed by atoms with Crippen molar-refractivity contribution in [1.29, 1.82) is 0 Å². The highest BCUT2D eigenvalue weighted by Crippen LogP contribution is 2.02. The second-order valence-electron chi connectivity index (χ2n) is 2.97. The first-order valence-corrected chi connectivity index (χ1v) is 4.21. The van der Waals surface area contributed by atoms with Gasteiger partial charge in [-0.05, 0) is 6.07 Å². The van der Waals surface area contributed by atoms with E-state index in [9.17, 15) is 9.59 Å². The molecule has 0 unspecified atom stereocenters. The number of nitrogens with zero attached hydrogens (tertiary/aromatic N) is 1. The van der Waals surface area contributed by atoms with Crippen LogP contribution < -0.4 is 0 Å². The Morgan fingerprint density at radius 2 is 2.29 bits per heavy atom. The topological polar surface area (TPSA) is 73.4 Å². The van der Waals surface area contributed by atoms with Crippen molar-refractivity contribution >= 4 is 11.9 Å². The van der Waals surface area contributed by atoms with Gasteiger partial charge >= 0.3 is 5.97 Å². The van der Waals surface area contributed by atoms with Gasteiger partial charge in [0.1, 0.15) is 0 Å². The monoisotopic (exact) mass is 196 g/mol. The van der Waals surface area contributed by atoms with E-state index in [1.807, 2.05) is 0 Å². The summed E-state index contributed by atoms with van der Waals surface area (Å²) in [7, 11) is 1.58. The second kappa shape index (κ2) is 4.45. The fourth-order valence-corrected chi connectivity index (χ4v) is 1.04. The van der Waals surface area contributed by atoms with Gasteiger partial charge in [-0.15, -0.1) is 0 Å². The van der Waals surface area contributed by atoms with Gasteiger partial charge in [0.05, 0.1) is 12.0 Å². The molecule has 0 aliphatic carbocycles. The maximum Gasteiger partial charge on any atom is 0.305 e. The van der Waals surface area contributed by atoms with Crippen LogP contribution in [0, 0.1) is 0 Å². The Morgan fingerprint density at radius 1 is 1.57 bits per heavy atom. The first-order chi connectivity index (χ1) is 6.61. The van der Waals surface area contributed by atoms with Gasteiger partial charge in [-0.25, -0.2) is 0 Å². The van der Waals surface area contributed by atoms with E-state index in [1.165, 1.54) is 4.90 Å². The molecule has 0 radical (unpaired) electrons. The Bertz CT molecular complexity index is 319. The maximum absolute atomic E-state index is 11.5. The minimum absolute atomic E-state index is 0.0351.